The molecule has 0 aliphatic heterocycles. The van der Waals surface area contributed by atoms with E-state index in [2.05, 4.69) is 5.32 Å². The smallest absolute Gasteiger partial charge is 0.416 e. The Morgan fingerprint density at radius 3 is 2.15 bits per heavy atom. The van der Waals surface area contributed by atoms with Gasteiger partial charge in [-0.15, -0.1) is 0 Å². The van der Waals surface area contributed by atoms with E-state index in [1.165, 1.54) is 6.07 Å². The number of hydrogen-bond donors (Lipinski definition) is 2. The predicted octanol–water partition coefficient (Wildman–Crippen LogP) is 3.64. The van der Waals surface area contributed by atoms with Crippen LogP contribution in [0.25, 0.3) is 0 Å². The number of halogens is 3. The van der Waals surface area contributed by atoms with Crippen LogP contribution in [-0.4, -0.2) is 11.0 Å². The van der Waals surface area contributed by atoms with E-state index in [9.17, 15) is 18.0 Å². The summed E-state index contributed by atoms with van der Waals surface area (Å²) in [5.41, 5.74) is -1.26. The molecule has 7 heteroatoms. The number of nitrogens with zero attached hydrogens (tertiary/aromatic N) is 1. The lowest BCUT2D eigenvalue weighted by Crippen LogP contribution is -2.15. The SMILES string of the molecule is C.C/C(O)=C(\C#N)C(=O)Nc1ccc(C(F)(F)F)cc1. The summed E-state index contributed by atoms with van der Waals surface area (Å²) >= 11 is 0. The van der Waals surface area contributed by atoms with Crippen molar-refractivity contribution < 1.29 is 23.1 Å². The van der Waals surface area contributed by atoms with Gasteiger partial charge < -0.3 is 10.4 Å². The molecule has 1 aromatic rings. The van der Waals surface area contributed by atoms with E-state index < -0.39 is 29.0 Å². The van der Waals surface area contributed by atoms with Crippen LogP contribution in [0.5, 0.6) is 0 Å². The topological polar surface area (TPSA) is 73.1 Å². The van der Waals surface area contributed by atoms with Gasteiger partial charge in [-0.25, -0.2) is 0 Å². The maximum atomic E-state index is 12.3. The number of aliphatic hydroxyl groups is 1. The van der Waals surface area contributed by atoms with Crippen LogP contribution in [0.2, 0.25) is 0 Å². The maximum Gasteiger partial charge on any atom is 0.416 e. The Morgan fingerprint density at radius 2 is 1.80 bits per heavy atom. The standard InChI is InChI=1S/C12H9F3N2O2.CH4/c1-7(18)10(6-16)11(19)17-9-4-2-8(3-5-9)12(13,14)15;/h2-5,18H,1H3,(H,17,19);1H4/b10-7-;. The predicted molar refractivity (Wildman–Crippen MR) is 67.7 cm³/mol. The molecule has 0 radical (unpaired) electrons. The third-order valence-corrected chi connectivity index (χ3v) is 2.17. The zero-order valence-corrected chi connectivity index (χ0v) is 9.75. The van der Waals surface area contributed by atoms with Crippen LogP contribution < -0.4 is 5.32 Å². The van der Waals surface area contributed by atoms with Crippen molar-refractivity contribution in [3.05, 3.63) is 41.2 Å². The molecule has 1 amide bonds. The van der Waals surface area contributed by atoms with Gasteiger partial charge >= 0.3 is 6.18 Å². The van der Waals surface area contributed by atoms with Crippen LogP contribution in [0.3, 0.4) is 0 Å². The normalized spacial score (nSPS) is 11.8. The molecule has 0 fully saturated rings. The molecule has 1 rings (SSSR count). The first-order valence-electron chi connectivity index (χ1n) is 5.04. The van der Waals surface area contributed by atoms with Crippen molar-refractivity contribution in [1.29, 1.82) is 5.26 Å². The number of rotatable bonds is 2. The molecule has 0 atom stereocenters. The Bertz CT molecular complexity index is 550. The third kappa shape index (κ3) is 4.31. The van der Waals surface area contributed by atoms with Crippen molar-refractivity contribution >= 4 is 11.6 Å². The average molecular weight is 286 g/mol. The molecule has 0 aromatic heterocycles. The Morgan fingerprint density at radius 1 is 1.30 bits per heavy atom. The maximum absolute atomic E-state index is 12.3. The number of hydrogen-bond acceptors (Lipinski definition) is 3. The second-order valence-electron chi connectivity index (χ2n) is 3.60. The summed E-state index contributed by atoms with van der Waals surface area (Å²) in [6.45, 7) is 1.16. The molecule has 0 heterocycles. The van der Waals surface area contributed by atoms with Gasteiger partial charge in [0.2, 0.25) is 0 Å². The largest absolute Gasteiger partial charge is 0.511 e. The monoisotopic (exact) mass is 286 g/mol. The second-order valence-corrected chi connectivity index (χ2v) is 3.60. The molecule has 4 nitrogen and oxygen atoms in total. The minimum Gasteiger partial charge on any atom is -0.511 e. The Kier molecular flexibility index (Phi) is 5.79. The summed E-state index contributed by atoms with van der Waals surface area (Å²) < 4.78 is 36.9. The van der Waals surface area contributed by atoms with Crippen molar-refractivity contribution in [2.45, 2.75) is 20.5 Å². The fourth-order valence-corrected chi connectivity index (χ4v) is 1.23. The van der Waals surface area contributed by atoms with Crippen LogP contribution in [-0.2, 0) is 11.0 Å². The average Bonchev–Trinajstić information content (AvgIpc) is 2.28. The van der Waals surface area contributed by atoms with E-state index in [1.807, 2.05) is 0 Å². The molecule has 0 saturated carbocycles. The third-order valence-electron chi connectivity index (χ3n) is 2.17. The molecule has 108 valence electrons. The van der Waals surface area contributed by atoms with Crippen molar-refractivity contribution in [2.24, 2.45) is 0 Å². The molecule has 1 aromatic carbocycles. The summed E-state index contributed by atoms with van der Waals surface area (Å²) in [5, 5.41) is 19.9. The number of aliphatic hydroxyl groups excluding tert-OH is 1. The van der Waals surface area contributed by atoms with E-state index in [0.29, 0.717) is 0 Å². The number of nitrogens with one attached hydrogen (secondary N) is 1. The molecule has 0 unspecified atom stereocenters. The van der Waals surface area contributed by atoms with Crippen LogP contribution in [0.4, 0.5) is 18.9 Å². The molecule has 0 aliphatic carbocycles. The summed E-state index contributed by atoms with van der Waals surface area (Å²) in [4.78, 5) is 11.5. The highest BCUT2D eigenvalue weighted by Gasteiger charge is 2.30. The van der Waals surface area contributed by atoms with E-state index in [1.54, 1.807) is 0 Å². The number of anilines is 1. The van der Waals surface area contributed by atoms with Gasteiger partial charge in [0.25, 0.3) is 5.91 Å². The summed E-state index contributed by atoms with van der Waals surface area (Å²) in [5.74, 6) is -1.35. The van der Waals surface area contributed by atoms with Crippen molar-refractivity contribution in [2.75, 3.05) is 5.32 Å². The Balaban J connectivity index is 0.00000361. The van der Waals surface area contributed by atoms with Gasteiger partial charge in [0.1, 0.15) is 11.8 Å². The van der Waals surface area contributed by atoms with Gasteiger partial charge in [-0.05, 0) is 31.2 Å². The molecule has 20 heavy (non-hydrogen) atoms. The van der Waals surface area contributed by atoms with Crippen LogP contribution >= 0.6 is 0 Å². The number of carbonyl (C=O) groups excluding carboxylic acids is 1. The summed E-state index contributed by atoms with van der Waals surface area (Å²) in [6.07, 6.45) is -4.46. The molecule has 0 saturated heterocycles. The number of amides is 1. The molecular formula is C13H13F3N2O2. The van der Waals surface area contributed by atoms with Gasteiger partial charge in [0, 0.05) is 5.69 Å². The number of nitriles is 1. The zero-order chi connectivity index (χ0) is 14.6. The van der Waals surface area contributed by atoms with E-state index in [0.717, 1.165) is 31.2 Å². The fourth-order valence-electron chi connectivity index (χ4n) is 1.23. The van der Waals surface area contributed by atoms with Gasteiger partial charge in [-0.1, -0.05) is 7.43 Å². The first kappa shape index (κ1) is 17.5. The molecule has 2 N–H and O–H groups in total. The number of allylic oxidation sites excluding steroid dienone is 1. The number of carbonyl (C=O) groups is 1. The number of alkyl halides is 3. The highest BCUT2D eigenvalue weighted by Crippen LogP contribution is 2.29. The molecule has 0 spiro atoms. The van der Waals surface area contributed by atoms with Crippen LogP contribution in [0.15, 0.2) is 35.6 Å². The van der Waals surface area contributed by atoms with Crippen molar-refractivity contribution in [3.63, 3.8) is 0 Å². The van der Waals surface area contributed by atoms with Gasteiger partial charge in [0.15, 0.2) is 5.57 Å². The minimum absolute atomic E-state index is 0. The van der Waals surface area contributed by atoms with Gasteiger partial charge in [-0.2, -0.15) is 18.4 Å². The zero-order valence-electron chi connectivity index (χ0n) is 9.75. The van der Waals surface area contributed by atoms with Gasteiger partial charge in [0.05, 0.1) is 5.56 Å². The fraction of sp³-hybridized carbons (Fsp3) is 0.231. The molecular weight excluding hydrogens is 273 g/mol. The molecule has 0 aliphatic rings. The second kappa shape index (κ2) is 6.61. The van der Waals surface area contributed by atoms with E-state index >= 15 is 0 Å². The first-order valence-corrected chi connectivity index (χ1v) is 5.04. The van der Waals surface area contributed by atoms with E-state index in [4.69, 9.17) is 10.4 Å². The highest BCUT2D eigenvalue weighted by atomic mass is 19.4. The Labute approximate surface area is 114 Å². The van der Waals surface area contributed by atoms with Crippen molar-refractivity contribution in [1.82, 2.24) is 0 Å². The quantitative estimate of drug-likeness (QED) is 0.495. The van der Waals surface area contributed by atoms with Crippen molar-refractivity contribution in [3.8, 4) is 6.07 Å². The lowest BCUT2D eigenvalue weighted by Gasteiger charge is -2.08. The van der Waals surface area contributed by atoms with Gasteiger partial charge in [-0.3, -0.25) is 4.79 Å². The lowest BCUT2D eigenvalue weighted by molar-refractivity contribution is -0.137. The van der Waals surface area contributed by atoms with E-state index in [-0.39, 0.29) is 13.1 Å². The minimum atomic E-state index is -4.46. The highest BCUT2D eigenvalue weighted by molar-refractivity contribution is 6.06. The first-order chi connectivity index (χ1) is 8.75. The Hall–Kier alpha value is -2.49. The van der Waals surface area contributed by atoms with Crippen LogP contribution in [0, 0.1) is 11.3 Å². The summed E-state index contributed by atoms with van der Waals surface area (Å²) in [7, 11) is 0. The molecule has 0 bridgehead atoms. The van der Waals surface area contributed by atoms with Crippen LogP contribution in [0.1, 0.15) is 19.9 Å². The summed E-state index contributed by atoms with van der Waals surface area (Å²) in [6, 6.07) is 5.22. The number of benzene rings is 1. The lowest BCUT2D eigenvalue weighted by atomic mass is 10.2.